The molecule has 1 aromatic carbocycles. The van der Waals surface area contributed by atoms with Crippen molar-refractivity contribution in [1.82, 2.24) is 10.9 Å². The first-order valence-electron chi connectivity index (χ1n) is 19.9. The second-order valence-corrected chi connectivity index (χ2v) is 14.1. The van der Waals surface area contributed by atoms with E-state index >= 15 is 0 Å². The molecule has 268 valence electrons. The largest absolute Gasteiger partial charge is 0.384 e. The third-order valence-corrected chi connectivity index (χ3v) is 9.75. The fraction of sp³-hybridized carbons (Fsp3) is 0.846. The van der Waals surface area contributed by atoms with Crippen molar-refractivity contribution in [2.75, 3.05) is 66.2 Å². The number of hydrazine groups is 2. The third-order valence-electron chi connectivity index (χ3n) is 9.75. The number of hydrogen-bond donors (Lipinski definition) is 5. The van der Waals surface area contributed by atoms with Crippen LogP contribution in [0.25, 0.3) is 0 Å². The van der Waals surface area contributed by atoms with Crippen molar-refractivity contribution in [3.63, 3.8) is 0 Å². The standard InChI is InChI=1S/C39H77N7/c1-8-13-16-17-18-19-20-21-22-25-30-42-46(43-32-33(11-4)26-14-9-2)36-31-35(40-12-5)39(45(6)7)38(41-29-15-10-3)37(36)44-34-27-23-24-28-34/h31,33-34,40-44H,8-30,32H2,1-7H3. The van der Waals surface area contributed by atoms with Crippen molar-refractivity contribution in [2.24, 2.45) is 5.92 Å². The van der Waals surface area contributed by atoms with Crippen LogP contribution >= 0.6 is 0 Å². The van der Waals surface area contributed by atoms with Crippen molar-refractivity contribution in [3.8, 4) is 0 Å². The summed E-state index contributed by atoms with van der Waals surface area (Å²) in [6.07, 6.45) is 26.1. The lowest BCUT2D eigenvalue weighted by Crippen LogP contribution is -2.51. The Hall–Kier alpha value is -1.86. The Labute approximate surface area is 286 Å². The van der Waals surface area contributed by atoms with Gasteiger partial charge < -0.3 is 20.9 Å². The minimum atomic E-state index is 0.516. The summed E-state index contributed by atoms with van der Waals surface area (Å²) in [5.74, 6) is 0.671. The summed E-state index contributed by atoms with van der Waals surface area (Å²) in [5, 5.41) is 14.0. The zero-order valence-electron chi connectivity index (χ0n) is 31.6. The molecule has 46 heavy (non-hydrogen) atoms. The Kier molecular flexibility index (Phi) is 22.1. The van der Waals surface area contributed by atoms with Crippen molar-refractivity contribution >= 4 is 28.4 Å². The second-order valence-electron chi connectivity index (χ2n) is 14.1. The average molecular weight is 644 g/mol. The number of nitrogens with one attached hydrogen (secondary N) is 5. The van der Waals surface area contributed by atoms with Crippen LogP contribution in [0, 0.1) is 5.92 Å². The van der Waals surface area contributed by atoms with Gasteiger partial charge >= 0.3 is 0 Å². The molecule has 1 fully saturated rings. The van der Waals surface area contributed by atoms with Gasteiger partial charge in [-0.25, -0.2) is 16.0 Å². The van der Waals surface area contributed by atoms with Gasteiger partial charge in [0.25, 0.3) is 0 Å². The van der Waals surface area contributed by atoms with Crippen LogP contribution < -0.4 is 36.8 Å². The summed E-state index contributed by atoms with van der Waals surface area (Å²) in [7, 11) is 4.36. The molecule has 0 amide bonds. The van der Waals surface area contributed by atoms with Crippen LogP contribution in [0.3, 0.4) is 0 Å². The first-order chi connectivity index (χ1) is 22.5. The molecule has 7 heteroatoms. The molecule has 0 heterocycles. The molecular weight excluding hydrogens is 566 g/mol. The monoisotopic (exact) mass is 644 g/mol. The van der Waals surface area contributed by atoms with Crippen molar-refractivity contribution in [2.45, 2.75) is 169 Å². The van der Waals surface area contributed by atoms with Crippen LogP contribution in [0.15, 0.2) is 6.07 Å². The van der Waals surface area contributed by atoms with E-state index in [4.69, 9.17) is 0 Å². The van der Waals surface area contributed by atoms with Crippen LogP contribution in [-0.2, 0) is 0 Å². The van der Waals surface area contributed by atoms with Crippen molar-refractivity contribution < 1.29 is 0 Å². The second kappa shape index (κ2) is 25.2. The Bertz CT molecular complexity index is 884. The molecule has 0 aliphatic heterocycles. The Balaban J connectivity index is 2.35. The van der Waals surface area contributed by atoms with Gasteiger partial charge in [-0.1, -0.05) is 124 Å². The van der Waals surface area contributed by atoms with Gasteiger partial charge in [0.05, 0.1) is 28.4 Å². The fourth-order valence-corrected chi connectivity index (χ4v) is 6.80. The molecule has 1 aliphatic rings. The molecule has 0 bridgehead atoms. The predicted octanol–water partition coefficient (Wildman–Crippen LogP) is 10.7. The molecule has 1 saturated carbocycles. The minimum absolute atomic E-state index is 0.516. The molecule has 7 nitrogen and oxygen atoms in total. The summed E-state index contributed by atoms with van der Waals surface area (Å²) < 4.78 is 0. The lowest BCUT2D eigenvalue weighted by Gasteiger charge is -2.35. The first-order valence-corrected chi connectivity index (χ1v) is 19.9. The average Bonchev–Trinajstić information content (AvgIpc) is 3.57. The maximum absolute atomic E-state index is 4.09. The Morgan fingerprint density at radius 3 is 1.91 bits per heavy atom. The maximum atomic E-state index is 4.09. The van der Waals surface area contributed by atoms with E-state index in [1.165, 1.54) is 150 Å². The summed E-state index contributed by atoms with van der Waals surface area (Å²) in [5.41, 5.74) is 13.9. The van der Waals surface area contributed by atoms with Crippen LogP contribution in [0.5, 0.6) is 0 Å². The number of unbranched alkanes of at least 4 members (excludes halogenated alkanes) is 11. The van der Waals surface area contributed by atoms with Crippen LogP contribution in [0.1, 0.15) is 163 Å². The van der Waals surface area contributed by atoms with Gasteiger partial charge in [0.15, 0.2) is 0 Å². The molecule has 5 N–H and O–H groups in total. The van der Waals surface area contributed by atoms with E-state index in [9.17, 15) is 0 Å². The van der Waals surface area contributed by atoms with E-state index < -0.39 is 0 Å². The first kappa shape index (κ1) is 40.3. The van der Waals surface area contributed by atoms with Gasteiger partial charge in [0.1, 0.15) is 0 Å². The number of benzene rings is 1. The van der Waals surface area contributed by atoms with E-state index in [0.29, 0.717) is 12.0 Å². The van der Waals surface area contributed by atoms with Gasteiger partial charge in [-0.3, -0.25) is 0 Å². The van der Waals surface area contributed by atoms with Crippen LogP contribution in [0.4, 0.5) is 28.4 Å². The number of nitrogens with zero attached hydrogens (tertiary/aromatic N) is 2. The Morgan fingerprint density at radius 1 is 0.696 bits per heavy atom. The number of hydrogen-bond acceptors (Lipinski definition) is 7. The molecule has 2 rings (SSSR count). The Morgan fingerprint density at radius 2 is 1.33 bits per heavy atom. The molecule has 0 radical (unpaired) electrons. The van der Waals surface area contributed by atoms with E-state index in [-0.39, 0.29) is 0 Å². The molecular formula is C39H77N7. The zero-order chi connectivity index (χ0) is 33.4. The van der Waals surface area contributed by atoms with Gasteiger partial charge in [-0.2, -0.15) is 0 Å². The smallest absolute Gasteiger partial charge is 0.0976 e. The highest BCUT2D eigenvalue weighted by Crippen LogP contribution is 2.46. The van der Waals surface area contributed by atoms with Crippen molar-refractivity contribution in [1.29, 1.82) is 0 Å². The number of rotatable bonds is 29. The quantitative estimate of drug-likeness (QED) is 0.0440. The number of anilines is 5. The highest BCUT2D eigenvalue weighted by molar-refractivity contribution is 5.99. The van der Waals surface area contributed by atoms with Crippen LogP contribution in [-0.4, -0.2) is 46.3 Å². The summed E-state index contributed by atoms with van der Waals surface area (Å²) >= 11 is 0. The molecule has 1 unspecified atom stereocenters. The summed E-state index contributed by atoms with van der Waals surface area (Å²) in [6.45, 7) is 15.3. The third kappa shape index (κ3) is 14.9. The van der Waals surface area contributed by atoms with Gasteiger partial charge in [-0.15, -0.1) is 0 Å². The van der Waals surface area contributed by atoms with E-state index in [0.717, 1.165) is 32.6 Å². The summed E-state index contributed by atoms with van der Waals surface area (Å²) in [4.78, 5) is 2.28. The zero-order valence-corrected chi connectivity index (χ0v) is 31.6. The topological polar surface area (TPSA) is 66.6 Å². The normalized spacial score (nSPS) is 14.1. The van der Waals surface area contributed by atoms with E-state index in [2.05, 4.69) is 91.6 Å². The fourth-order valence-electron chi connectivity index (χ4n) is 6.80. The molecule has 1 atom stereocenters. The molecule has 0 aromatic heterocycles. The predicted molar refractivity (Wildman–Crippen MR) is 208 cm³/mol. The van der Waals surface area contributed by atoms with Crippen molar-refractivity contribution in [3.05, 3.63) is 6.07 Å². The highest BCUT2D eigenvalue weighted by atomic mass is 15.7. The van der Waals surface area contributed by atoms with E-state index in [1.807, 2.05) is 0 Å². The van der Waals surface area contributed by atoms with E-state index in [1.54, 1.807) is 0 Å². The molecule has 1 aromatic rings. The highest BCUT2D eigenvalue weighted by Gasteiger charge is 2.26. The van der Waals surface area contributed by atoms with Gasteiger partial charge in [-0.05, 0) is 51.0 Å². The van der Waals surface area contributed by atoms with Crippen LogP contribution in [0.2, 0.25) is 0 Å². The molecule has 0 spiro atoms. The van der Waals surface area contributed by atoms with Gasteiger partial charge in [0.2, 0.25) is 0 Å². The summed E-state index contributed by atoms with van der Waals surface area (Å²) in [6, 6.07) is 2.90. The molecule has 0 saturated heterocycles. The van der Waals surface area contributed by atoms with Gasteiger partial charge in [0, 0.05) is 46.3 Å². The molecule has 1 aliphatic carbocycles. The lowest BCUT2D eigenvalue weighted by molar-refractivity contribution is 0.392. The minimum Gasteiger partial charge on any atom is -0.384 e. The SMILES string of the molecule is CCCCCCCCCCCCNN(NCC(CC)CCCC)c1cc(NCC)c(N(C)C)c(NCCCC)c1NC1CCCC1. The lowest BCUT2D eigenvalue weighted by atomic mass is 10.00. The maximum Gasteiger partial charge on any atom is 0.0976 e.